The minimum absolute atomic E-state index is 0.276. The van der Waals surface area contributed by atoms with Crippen molar-refractivity contribution in [3.05, 3.63) is 48.6 Å². The molecular weight excluding hydrogens is 350 g/mol. The Labute approximate surface area is 171 Å². The van der Waals surface area contributed by atoms with Gasteiger partial charge in [0, 0.05) is 5.57 Å². The van der Waals surface area contributed by atoms with Gasteiger partial charge in [-0.05, 0) is 58.3 Å². The third-order valence-electron chi connectivity index (χ3n) is 4.64. The molecule has 1 unspecified atom stereocenters. The molecule has 0 rings (SSSR count). The molecule has 4 heteroatoms. The van der Waals surface area contributed by atoms with E-state index in [1.54, 1.807) is 6.92 Å². The molecule has 0 spiro atoms. The number of hydrogen-bond donors (Lipinski definition) is 1. The van der Waals surface area contributed by atoms with E-state index in [2.05, 4.69) is 50.0 Å². The van der Waals surface area contributed by atoms with Crippen molar-refractivity contribution in [3.8, 4) is 0 Å². The molecule has 0 heterocycles. The van der Waals surface area contributed by atoms with Gasteiger partial charge in [0.2, 0.25) is 0 Å². The van der Waals surface area contributed by atoms with Crippen molar-refractivity contribution in [3.63, 3.8) is 0 Å². The lowest BCUT2D eigenvalue weighted by atomic mass is 9.91. The van der Waals surface area contributed by atoms with Crippen LogP contribution in [0.1, 0.15) is 85.0 Å². The van der Waals surface area contributed by atoms with Crippen molar-refractivity contribution in [2.45, 2.75) is 90.6 Å². The summed E-state index contributed by atoms with van der Waals surface area (Å²) in [6.45, 7) is 9.09. The van der Waals surface area contributed by atoms with Crippen LogP contribution in [-0.2, 0) is 14.3 Å². The largest absolute Gasteiger partial charge is 0.446 e. The Morgan fingerprint density at radius 3 is 2.04 bits per heavy atom. The maximum absolute atomic E-state index is 11.9. The van der Waals surface area contributed by atoms with Crippen LogP contribution in [0, 0.1) is 0 Å². The number of carbonyl (C=O) groups is 2. The van der Waals surface area contributed by atoms with E-state index in [1.807, 2.05) is 6.92 Å². The van der Waals surface area contributed by atoms with Gasteiger partial charge in [0.05, 0.1) is 0 Å². The van der Waals surface area contributed by atoms with Crippen LogP contribution in [0.4, 0.5) is 0 Å². The van der Waals surface area contributed by atoms with E-state index in [0.29, 0.717) is 12.8 Å². The molecule has 0 aromatic carbocycles. The normalized spacial score (nSPS) is 14.0. The standard InChI is InChI=1S/C24H39NO3/c1-5-7-8-9-10-11-12-13-14-15-16-17-18-19-20-24(6-2,23(25)27)28-22(26)21(3)4/h7-8,10-11,13-14H,3,5-6,9,12,15-20H2,1-2,4H3,(H2,25,27)/b8-7-,11-10-,14-13-. The summed E-state index contributed by atoms with van der Waals surface area (Å²) in [5.41, 5.74) is 4.58. The first-order chi connectivity index (χ1) is 13.4. The molecule has 0 aromatic heterocycles. The van der Waals surface area contributed by atoms with Crippen LogP contribution < -0.4 is 5.73 Å². The summed E-state index contributed by atoms with van der Waals surface area (Å²) in [4.78, 5) is 23.7. The van der Waals surface area contributed by atoms with Gasteiger partial charge in [-0.1, -0.05) is 69.7 Å². The highest BCUT2D eigenvalue weighted by Crippen LogP contribution is 2.25. The number of rotatable bonds is 16. The third kappa shape index (κ3) is 11.6. The summed E-state index contributed by atoms with van der Waals surface area (Å²) in [7, 11) is 0. The third-order valence-corrected chi connectivity index (χ3v) is 4.64. The number of allylic oxidation sites excluding steroid dienone is 6. The van der Waals surface area contributed by atoms with E-state index in [-0.39, 0.29) is 5.57 Å². The van der Waals surface area contributed by atoms with E-state index in [1.165, 1.54) is 0 Å². The highest BCUT2D eigenvalue weighted by atomic mass is 16.6. The average molecular weight is 390 g/mol. The van der Waals surface area contributed by atoms with Crippen LogP contribution in [0.3, 0.4) is 0 Å². The van der Waals surface area contributed by atoms with Gasteiger partial charge in [-0.3, -0.25) is 4.79 Å². The zero-order valence-corrected chi connectivity index (χ0v) is 18.0. The fourth-order valence-electron chi connectivity index (χ4n) is 2.77. The molecule has 1 atom stereocenters. The minimum atomic E-state index is -1.21. The van der Waals surface area contributed by atoms with Crippen molar-refractivity contribution in [1.82, 2.24) is 0 Å². The molecule has 0 aliphatic carbocycles. The number of hydrogen-bond acceptors (Lipinski definition) is 3. The Hall–Kier alpha value is -2.10. The Kier molecular flexibility index (Phi) is 14.7. The van der Waals surface area contributed by atoms with Crippen molar-refractivity contribution in [2.75, 3.05) is 0 Å². The van der Waals surface area contributed by atoms with Gasteiger partial charge in [-0.2, -0.15) is 0 Å². The molecule has 4 nitrogen and oxygen atoms in total. The van der Waals surface area contributed by atoms with Crippen LogP contribution in [0.15, 0.2) is 48.6 Å². The predicted molar refractivity (Wildman–Crippen MR) is 118 cm³/mol. The fourth-order valence-corrected chi connectivity index (χ4v) is 2.77. The fraction of sp³-hybridized carbons (Fsp3) is 0.583. The second-order valence-corrected chi connectivity index (χ2v) is 7.13. The number of primary amides is 1. The zero-order chi connectivity index (χ0) is 21.3. The molecule has 0 saturated heterocycles. The van der Waals surface area contributed by atoms with Gasteiger partial charge >= 0.3 is 5.97 Å². The molecule has 0 aliphatic rings. The number of esters is 1. The number of nitrogens with two attached hydrogens (primary N) is 1. The minimum Gasteiger partial charge on any atom is -0.446 e. The van der Waals surface area contributed by atoms with Gasteiger partial charge in [0.25, 0.3) is 5.91 Å². The molecule has 0 fully saturated rings. The quantitative estimate of drug-likeness (QED) is 0.154. The van der Waals surface area contributed by atoms with Gasteiger partial charge in [-0.25, -0.2) is 4.79 Å². The second kappa shape index (κ2) is 15.9. The maximum atomic E-state index is 11.9. The van der Waals surface area contributed by atoms with Gasteiger partial charge < -0.3 is 10.5 Å². The molecule has 1 amide bonds. The summed E-state index contributed by atoms with van der Waals surface area (Å²) in [5, 5.41) is 0. The van der Waals surface area contributed by atoms with Crippen LogP contribution in [0.25, 0.3) is 0 Å². The molecule has 0 bridgehead atoms. The first-order valence-electron chi connectivity index (χ1n) is 10.5. The van der Waals surface area contributed by atoms with Gasteiger partial charge in [0.1, 0.15) is 0 Å². The first-order valence-corrected chi connectivity index (χ1v) is 10.5. The van der Waals surface area contributed by atoms with Crippen molar-refractivity contribution in [2.24, 2.45) is 5.73 Å². The molecule has 2 N–H and O–H groups in total. The Bertz CT molecular complexity index is 560. The highest BCUT2D eigenvalue weighted by Gasteiger charge is 2.38. The smallest absolute Gasteiger partial charge is 0.334 e. The SMILES string of the molecule is C=C(C)C(=O)OC(CC)(CCCCCC/C=C\C/C=C\C/C=C\CC)C(N)=O. The predicted octanol–water partition coefficient (Wildman–Crippen LogP) is 5.94. The summed E-state index contributed by atoms with van der Waals surface area (Å²) >= 11 is 0. The van der Waals surface area contributed by atoms with Crippen molar-refractivity contribution in [1.29, 1.82) is 0 Å². The molecule has 0 saturated carbocycles. The van der Waals surface area contributed by atoms with Crippen molar-refractivity contribution >= 4 is 11.9 Å². The molecule has 0 aliphatic heterocycles. The second-order valence-electron chi connectivity index (χ2n) is 7.13. The average Bonchev–Trinajstić information content (AvgIpc) is 2.66. The van der Waals surface area contributed by atoms with Crippen LogP contribution >= 0.6 is 0 Å². The lowest BCUT2D eigenvalue weighted by Crippen LogP contribution is -2.47. The van der Waals surface area contributed by atoms with E-state index >= 15 is 0 Å². The lowest BCUT2D eigenvalue weighted by molar-refractivity contribution is -0.165. The van der Waals surface area contributed by atoms with E-state index in [0.717, 1.165) is 51.4 Å². The number of carbonyl (C=O) groups excluding carboxylic acids is 2. The Balaban J connectivity index is 4.04. The van der Waals surface area contributed by atoms with Gasteiger partial charge in [-0.15, -0.1) is 0 Å². The molecular formula is C24H39NO3. The number of unbranched alkanes of at least 4 members (excludes halogenated alkanes) is 4. The summed E-state index contributed by atoms with van der Waals surface area (Å²) < 4.78 is 5.39. The molecule has 28 heavy (non-hydrogen) atoms. The van der Waals surface area contributed by atoms with Crippen molar-refractivity contribution < 1.29 is 14.3 Å². The number of amides is 1. The van der Waals surface area contributed by atoms with Crippen LogP contribution in [0.5, 0.6) is 0 Å². The van der Waals surface area contributed by atoms with E-state index < -0.39 is 17.5 Å². The van der Waals surface area contributed by atoms with E-state index in [4.69, 9.17) is 10.5 Å². The summed E-state index contributed by atoms with van der Waals surface area (Å²) in [6, 6.07) is 0. The van der Waals surface area contributed by atoms with Gasteiger partial charge in [0.15, 0.2) is 5.60 Å². The van der Waals surface area contributed by atoms with E-state index in [9.17, 15) is 9.59 Å². The van der Waals surface area contributed by atoms with Crippen LogP contribution in [0.2, 0.25) is 0 Å². The Morgan fingerprint density at radius 2 is 1.50 bits per heavy atom. The lowest BCUT2D eigenvalue weighted by Gasteiger charge is -2.29. The molecule has 0 aromatic rings. The topological polar surface area (TPSA) is 69.4 Å². The molecule has 0 radical (unpaired) electrons. The number of ether oxygens (including phenoxy) is 1. The van der Waals surface area contributed by atoms with Crippen LogP contribution in [-0.4, -0.2) is 17.5 Å². The zero-order valence-electron chi connectivity index (χ0n) is 18.0. The summed E-state index contributed by atoms with van der Waals surface area (Å²) in [6.07, 6.45) is 22.1. The monoisotopic (exact) mass is 389 g/mol. The first kappa shape index (κ1) is 25.9. The summed E-state index contributed by atoms with van der Waals surface area (Å²) in [5.74, 6) is -1.13. The Morgan fingerprint density at radius 1 is 0.929 bits per heavy atom. The highest BCUT2D eigenvalue weighted by molar-refractivity contribution is 5.92. The maximum Gasteiger partial charge on any atom is 0.334 e. The molecule has 158 valence electrons.